The summed E-state index contributed by atoms with van der Waals surface area (Å²) in [5.41, 5.74) is 2.74. The van der Waals surface area contributed by atoms with Crippen molar-refractivity contribution in [3.63, 3.8) is 0 Å². The highest BCUT2D eigenvalue weighted by Gasteiger charge is 2.14. The molecule has 2 aromatic heterocycles. The highest BCUT2D eigenvalue weighted by Crippen LogP contribution is 2.23. The summed E-state index contributed by atoms with van der Waals surface area (Å²) in [5.74, 6) is -0.302. The van der Waals surface area contributed by atoms with Gasteiger partial charge in [0.2, 0.25) is 5.91 Å². The Balaban J connectivity index is 1.26. The van der Waals surface area contributed by atoms with Crippen LogP contribution in [0.3, 0.4) is 0 Å². The molecule has 8 heteroatoms. The van der Waals surface area contributed by atoms with Gasteiger partial charge in [-0.2, -0.15) is 0 Å². The first-order valence-corrected chi connectivity index (χ1v) is 10.1. The van der Waals surface area contributed by atoms with Crippen LogP contribution in [-0.4, -0.2) is 28.5 Å². The third-order valence-electron chi connectivity index (χ3n) is 4.25. The Morgan fingerprint density at radius 3 is 2.37 bits per heavy atom. The lowest BCUT2D eigenvalue weighted by Crippen LogP contribution is -2.36. The number of carbonyl (C=O) groups is 2. The van der Waals surface area contributed by atoms with Crippen molar-refractivity contribution in [1.82, 2.24) is 20.8 Å². The van der Waals surface area contributed by atoms with Crippen molar-refractivity contribution in [1.29, 1.82) is 0 Å². The topological polar surface area (TPSA) is 97.1 Å². The number of carbonyl (C=O) groups excluding carboxylic acids is 2. The Kier molecular flexibility index (Phi) is 5.95. The molecule has 0 aliphatic heterocycles. The Bertz CT molecular complexity index is 1140. The fraction of sp³-hybridized carbons (Fsp3) is 0.0909. The van der Waals surface area contributed by atoms with E-state index in [1.165, 1.54) is 11.3 Å². The normalized spacial score (nSPS) is 10.5. The maximum absolute atomic E-state index is 12.2. The van der Waals surface area contributed by atoms with E-state index in [4.69, 9.17) is 4.52 Å². The Morgan fingerprint density at radius 1 is 0.933 bits per heavy atom. The van der Waals surface area contributed by atoms with Crippen molar-refractivity contribution in [2.75, 3.05) is 6.54 Å². The van der Waals surface area contributed by atoms with Gasteiger partial charge in [0, 0.05) is 22.6 Å². The standard InChI is InChI=1S/C22H18N4O3S/c27-20(23-12-17-14-30-22(25-17)16-9-5-2-6-10-16)13-24-21(28)18-11-19(29-26-18)15-7-3-1-4-8-15/h1-11,14H,12-13H2,(H,23,27)(H,24,28). The summed E-state index contributed by atoms with van der Waals surface area (Å²) >= 11 is 1.52. The number of nitrogens with zero attached hydrogens (tertiary/aromatic N) is 2. The van der Waals surface area contributed by atoms with Gasteiger partial charge in [-0.15, -0.1) is 11.3 Å². The van der Waals surface area contributed by atoms with Crippen molar-refractivity contribution < 1.29 is 14.1 Å². The van der Waals surface area contributed by atoms with Gasteiger partial charge in [-0.05, 0) is 0 Å². The minimum Gasteiger partial charge on any atom is -0.355 e. The van der Waals surface area contributed by atoms with Gasteiger partial charge < -0.3 is 15.2 Å². The second-order valence-corrected chi connectivity index (χ2v) is 7.27. The number of amides is 2. The number of hydrogen-bond donors (Lipinski definition) is 2. The van der Waals surface area contributed by atoms with E-state index >= 15 is 0 Å². The molecule has 2 N–H and O–H groups in total. The molecule has 2 aromatic carbocycles. The fourth-order valence-electron chi connectivity index (χ4n) is 2.72. The van der Waals surface area contributed by atoms with Crippen molar-refractivity contribution in [2.45, 2.75) is 6.54 Å². The van der Waals surface area contributed by atoms with E-state index < -0.39 is 5.91 Å². The van der Waals surface area contributed by atoms with Crippen molar-refractivity contribution in [3.05, 3.63) is 83.5 Å². The molecule has 30 heavy (non-hydrogen) atoms. The van der Waals surface area contributed by atoms with Crippen LogP contribution in [0.25, 0.3) is 21.9 Å². The second-order valence-electron chi connectivity index (χ2n) is 6.41. The fourth-order valence-corrected chi connectivity index (χ4v) is 3.55. The van der Waals surface area contributed by atoms with Gasteiger partial charge in [-0.3, -0.25) is 9.59 Å². The lowest BCUT2D eigenvalue weighted by atomic mass is 10.1. The SMILES string of the molecule is O=C(CNC(=O)c1cc(-c2ccccc2)on1)NCc1csc(-c2ccccc2)n1. The summed E-state index contributed by atoms with van der Waals surface area (Å²) in [6.07, 6.45) is 0. The molecule has 150 valence electrons. The van der Waals surface area contributed by atoms with Crippen molar-refractivity contribution >= 4 is 23.2 Å². The zero-order valence-corrected chi connectivity index (χ0v) is 16.7. The average molecular weight is 418 g/mol. The molecule has 0 atom stereocenters. The van der Waals surface area contributed by atoms with E-state index in [0.717, 1.165) is 21.8 Å². The lowest BCUT2D eigenvalue weighted by molar-refractivity contribution is -0.120. The molecule has 0 fully saturated rings. The van der Waals surface area contributed by atoms with Crippen LogP contribution in [0.15, 0.2) is 76.6 Å². The van der Waals surface area contributed by atoms with Crippen LogP contribution in [-0.2, 0) is 11.3 Å². The average Bonchev–Trinajstić information content (AvgIpc) is 3.47. The molecule has 4 aromatic rings. The second kappa shape index (κ2) is 9.15. The van der Waals surface area contributed by atoms with Crippen LogP contribution in [0.2, 0.25) is 0 Å². The molecule has 4 rings (SSSR count). The molecule has 0 unspecified atom stereocenters. The predicted octanol–water partition coefficient (Wildman–Crippen LogP) is 3.51. The zero-order valence-electron chi connectivity index (χ0n) is 15.9. The minimum atomic E-state index is -0.476. The minimum absolute atomic E-state index is 0.119. The first-order chi connectivity index (χ1) is 14.7. The van der Waals surface area contributed by atoms with E-state index in [-0.39, 0.29) is 18.1 Å². The third-order valence-corrected chi connectivity index (χ3v) is 5.19. The number of hydrogen-bond acceptors (Lipinski definition) is 6. The van der Waals surface area contributed by atoms with Crippen molar-refractivity contribution in [3.8, 4) is 21.9 Å². The molecule has 2 amide bonds. The molecule has 7 nitrogen and oxygen atoms in total. The number of aromatic nitrogens is 2. The van der Waals surface area contributed by atoms with Crippen LogP contribution in [0.4, 0.5) is 0 Å². The quantitative estimate of drug-likeness (QED) is 0.479. The number of benzene rings is 2. The lowest BCUT2D eigenvalue weighted by Gasteiger charge is -2.04. The van der Waals surface area contributed by atoms with Gasteiger partial charge >= 0.3 is 0 Å². The molecule has 0 saturated carbocycles. The van der Waals surface area contributed by atoms with E-state index in [0.29, 0.717) is 12.3 Å². The molecular formula is C22H18N4O3S. The summed E-state index contributed by atoms with van der Waals surface area (Å²) in [4.78, 5) is 28.8. The zero-order chi connectivity index (χ0) is 20.8. The first kappa shape index (κ1) is 19.5. The molecule has 0 saturated heterocycles. The van der Waals surface area contributed by atoms with Gasteiger partial charge in [-0.25, -0.2) is 4.98 Å². The Morgan fingerprint density at radius 2 is 1.63 bits per heavy atom. The third kappa shape index (κ3) is 4.79. The van der Waals surface area contributed by atoms with Crippen LogP contribution < -0.4 is 10.6 Å². The van der Waals surface area contributed by atoms with Crippen LogP contribution in [0.1, 0.15) is 16.2 Å². The highest BCUT2D eigenvalue weighted by molar-refractivity contribution is 7.13. The maximum Gasteiger partial charge on any atom is 0.273 e. The summed E-state index contributed by atoms with van der Waals surface area (Å²) in [6, 6.07) is 20.7. The summed E-state index contributed by atoms with van der Waals surface area (Å²) in [5, 5.41) is 11.9. The summed E-state index contributed by atoms with van der Waals surface area (Å²) < 4.78 is 5.20. The van der Waals surface area contributed by atoms with Gasteiger partial charge in [-0.1, -0.05) is 65.8 Å². The largest absolute Gasteiger partial charge is 0.355 e. The molecule has 0 spiro atoms. The number of nitrogens with one attached hydrogen (secondary N) is 2. The van der Waals surface area contributed by atoms with Gasteiger partial charge in [0.15, 0.2) is 11.5 Å². The molecule has 2 heterocycles. The summed E-state index contributed by atoms with van der Waals surface area (Å²) in [7, 11) is 0. The molecule has 0 aliphatic rings. The van der Waals surface area contributed by atoms with Crippen molar-refractivity contribution in [2.24, 2.45) is 0 Å². The van der Waals surface area contributed by atoms with Gasteiger partial charge in [0.1, 0.15) is 5.01 Å². The van der Waals surface area contributed by atoms with Crippen LogP contribution in [0, 0.1) is 0 Å². The Hall–Kier alpha value is -3.78. The van der Waals surface area contributed by atoms with Gasteiger partial charge in [0.25, 0.3) is 5.91 Å². The monoisotopic (exact) mass is 418 g/mol. The highest BCUT2D eigenvalue weighted by atomic mass is 32.1. The molecule has 0 bridgehead atoms. The van der Waals surface area contributed by atoms with E-state index in [1.54, 1.807) is 6.07 Å². The van der Waals surface area contributed by atoms with Crippen LogP contribution >= 0.6 is 11.3 Å². The molecular weight excluding hydrogens is 400 g/mol. The Labute approximate surface area is 176 Å². The van der Waals surface area contributed by atoms with E-state index in [1.807, 2.05) is 66.0 Å². The smallest absolute Gasteiger partial charge is 0.273 e. The van der Waals surface area contributed by atoms with E-state index in [9.17, 15) is 9.59 Å². The number of thiazole rings is 1. The van der Waals surface area contributed by atoms with Gasteiger partial charge in [0.05, 0.1) is 18.8 Å². The number of rotatable bonds is 7. The molecule has 0 aliphatic carbocycles. The predicted molar refractivity (Wildman–Crippen MR) is 114 cm³/mol. The molecule has 0 radical (unpaired) electrons. The maximum atomic E-state index is 12.2. The summed E-state index contributed by atoms with van der Waals surface area (Å²) in [6.45, 7) is 0.127. The van der Waals surface area contributed by atoms with E-state index in [2.05, 4.69) is 20.8 Å². The first-order valence-electron chi connectivity index (χ1n) is 9.26. The van der Waals surface area contributed by atoms with Crippen LogP contribution in [0.5, 0.6) is 0 Å².